The first-order valence-corrected chi connectivity index (χ1v) is 12.3. The fourth-order valence-corrected chi connectivity index (χ4v) is 4.53. The molecule has 9 heteroatoms. The molecule has 1 amide bonds. The van der Waals surface area contributed by atoms with Gasteiger partial charge in [0, 0.05) is 11.1 Å². The van der Waals surface area contributed by atoms with E-state index in [2.05, 4.69) is 5.32 Å². The Morgan fingerprint density at radius 2 is 1.59 bits per heavy atom. The quantitative estimate of drug-likeness (QED) is 0.198. The van der Waals surface area contributed by atoms with Crippen molar-refractivity contribution in [3.8, 4) is 28.4 Å². The van der Waals surface area contributed by atoms with Crippen molar-refractivity contribution in [2.24, 2.45) is 5.92 Å². The van der Waals surface area contributed by atoms with Crippen LogP contribution in [0.25, 0.3) is 22.1 Å². The summed E-state index contributed by atoms with van der Waals surface area (Å²) in [5, 5.41) is 33.7. The lowest BCUT2D eigenvalue weighted by Crippen LogP contribution is -2.34. The average Bonchev–Trinajstić information content (AvgIpc) is 2.92. The topological polar surface area (TPSA) is 146 Å². The zero-order valence-corrected chi connectivity index (χ0v) is 21.9. The van der Waals surface area contributed by atoms with Gasteiger partial charge in [0.25, 0.3) is 5.91 Å². The number of esters is 1. The first kappa shape index (κ1) is 27.3. The molecular formula is C30H29NO8. The Kier molecular flexibility index (Phi) is 7.62. The molecular weight excluding hydrogens is 502 g/mol. The van der Waals surface area contributed by atoms with Crippen LogP contribution in [-0.2, 0) is 16.0 Å². The Morgan fingerprint density at radius 3 is 2.18 bits per heavy atom. The van der Waals surface area contributed by atoms with Crippen molar-refractivity contribution in [3.05, 3.63) is 87.3 Å². The van der Waals surface area contributed by atoms with Gasteiger partial charge in [0.05, 0.1) is 12.7 Å². The molecule has 3 aromatic carbocycles. The van der Waals surface area contributed by atoms with Crippen LogP contribution in [0.15, 0.2) is 63.8 Å². The van der Waals surface area contributed by atoms with Crippen LogP contribution in [0.3, 0.4) is 0 Å². The number of methoxy groups -OCH3 is 1. The lowest BCUT2D eigenvalue weighted by atomic mass is 9.95. The summed E-state index contributed by atoms with van der Waals surface area (Å²) < 4.78 is 10.8. The second kappa shape index (κ2) is 10.9. The number of ether oxygens (including phenoxy) is 1. The maximum atomic E-state index is 13.6. The van der Waals surface area contributed by atoms with Gasteiger partial charge in [-0.3, -0.25) is 9.59 Å². The smallest absolute Gasteiger partial charge is 0.333 e. The summed E-state index contributed by atoms with van der Waals surface area (Å²) >= 11 is 0. The number of carbonyl (C=O) groups is 2. The second-order valence-electron chi connectivity index (χ2n) is 9.61. The molecule has 202 valence electrons. The van der Waals surface area contributed by atoms with Gasteiger partial charge in [0.1, 0.15) is 16.7 Å². The molecule has 0 saturated carbocycles. The van der Waals surface area contributed by atoms with Crippen LogP contribution in [-0.4, -0.2) is 34.3 Å². The molecule has 4 rings (SSSR count). The van der Waals surface area contributed by atoms with E-state index in [1.54, 1.807) is 49.4 Å². The van der Waals surface area contributed by atoms with E-state index in [0.717, 1.165) is 0 Å². The largest absolute Gasteiger partial charge is 0.504 e. The van der Waals surface area contributed by atoms with Gasteiger partial charge in [0.2, 0.25) is 11.2 Å². The Balaban J connectivity index is 1.73. The lowest BCUT2D eigenvalue weighted by Gasteiger charge is -2.17. The number of rotatable bonds is 7. The number of hydrogen-bond acceptors (Lipinski definition) is 8. The fraction of sp³-hybridized carbons (Fsp3) is 0.233. The van der Waals surface area contributed by atoms with Crippen molar-refractivity contribution in [1.82, 2.24) is 5.32 Å². The highest BCUT2D eigenvalue weighted by Crippen LogP contribution is 2.45. The van der Waals surface area contributed by atoms with E-state index in [1.165, 1.54) is 19.2 Å². The molecule has 4 aromatic rings. The predicted molar refractivity (Wildman–Crippen MR) is 145 cm³/mol. The number of nitrogens with one attached hydrogen (secondary N) is 1. The number of amides is 1. The molecule has 39 heavy (non-hydrogen) atoms. The minimum absolute atomic E-state index is 0.00788. The molecule has 1 heterocycles. The number of fused-ring (bicyclic) bond motifs is 1. The van der Waals surface area contributed by atoms with E-state index in [1.807, 2.05) is 13.8 Å². The summed E-state index contributed by atoms with van der Waals surface area (Å²) in [4.78, 5) is 38.8. The number of carbonyl (C=O) groups excluding carboxylic acids is 2. The van der Waals surface area contributed by atoms with Gasteiger partial charge in [-0.05, 0) is 42.5 Å². The standard InChI is InChI=1S/C30H29NO8/c1-15(2)14-20-24(32)27(35)26(34)22-25(33)21(16(3)39-28(20)22)17-10-12-19(13-11-17)29(36)31-23(30(37)38-4)18-8-6-5-7-9-18/h5-13,15,23,32,34-35H,14H2,1-4H3,(H,31,36)/t23-/m1/s1. The number of aryl methyl sites for hydroxylation is 1. The molecule has 0 spiro atoms. The van der Waals surface area contributed by atoms with Crippen molar-refractivity contribution < 1.29 is 34.1 Å². The van der Waals surface area contributed by atoms with Gasteiger partial charge in [-0.15, -0.1) is 0 Å². The van der Waals surface area contributed by atoms with Crippen molar-refractivity contribution in [2.75, 3.05) is 7.11 Å². The molecule has 0 saturated heterocycles. The van der Waals surface area contributed by atoms with Crippen LogP contribution in [0.1, 0.15) is 47.1 Å². The monoisotopic (exact) mass is 531 g/mol. The molecule has 1 atom stereocenters. The van der Waals surface area contributed by atoms with E-state index in [4.69, 9.17) is 9.15 Å². The molecule has 0 radical (unpaired) electrons. The first-order chi connectivity index (χ1) is 18.5. The molecule has 0 aliphatic rings. The van der Waals surface area contributed by atoms with Crippen LogP contribution in [0.2, 0.25) is 0 Å². The fourth-order valence-electron chi connectivity index (χ4n) is 4.53. The van der Waals surface area contributed by atoms with Crippen LogP contribution in [0.4, 0.5) is 0 Å². The average molecular weight is 532 g/mol. The number of phenols is 3. The zero-order chi connectivity index (χ0) is 28.4. The van der Waals surface area contributed by atoms with Gasteiger partial charge in [-0.25, -0.2) is 4.79 Å². The van der Waals surface area contributed by atoms with Gasteiger partial charge in [0.15, 0.2) is 17.5 Å². The third kappa shape index (κ3) is 5.16. The van der Waals surface area contributed by atoms with Gasteiger partial charge in [-0.1, -0.05) is 56.3 Å². The van der Waals surface area contributed by atoms with E-state index >= 15 is 0 Å². The zero-order valence-electron chi connectivity index (χ0n) is 21.9. The van der Waals surface area contributed by atoms with Gasteiger partial charge in [-0.2, -0.15) is 0 Å². The van der Waals surface area contributed by atoms with Crippen molar-refractivity contribution >= 4 is 22.8 Å². The van der Waals surface area contributed by atoms with E-state index in [0.29, 0.717) is 17.5 Å². The molecule has 0 aliphatic carbocycles. The van der Waals surface area contributed by atoms with Crippen molar-refractivity contribution in [1.29, 1.82) is 0 Å². The summed E-state index contributed by atoms with van der Waals surface area (Å²) in [5.74, 6) is -2.94. The Hall–Kier alpha value is -4.79. The minimum Gasteiger partial charge on any atom is -0.504 e. The van der Waals surface area contributed by atoms with Crippen LogP contribution < -0.4 is 10.7 Å². The Bertz CT molecular complexity index is 1610. The predicted octanol–water partition coefficient (Wildman–Crippen LogP) is 4.73. The third-order valence-corrected chi connectivity index (χ3v) is 6.43. The number of hydrogen-bond donors (Lipinski definition) is 4. The molecule has 0 fully saturated rings. The van der Waals surface area contributed by atoms with Crippen LogP contribution in [0, 0.1) is 12.8 Å². The summed E-state index contributed by atoms with van der Waals surface area (Å²) in [6.45, 7) is 5.39. The highest BCUT2D eigenvalue weighted by molar-refractivity contribution is 5.98. The van der Waals surface area contributed by atoms with E-state index in [9.17, 15) is 29.7 Å². The van der Waals surface area contributed by atoms with Crippen LogP contribution in [0.5, 0.6) is 17.2 Å². The first-order valence-electron chi connectivity index (χ1n) is 12.3. The summed E-state index contributed by atoms with van der Waals surface area (Å²) in [5.41, 5.74) is 0.965. The van der Waals surface area contributed by atoms with Crippen molar-refractivity contribution in [2.45, 2.75) is 33.2 Å². The normalized spacial score (nSPS) is 11.9. The molecule has 9 nitrogen and oxygen atoms in total. The van der Waals surface area contributed by atoms with E-state index < -0.39 is 40.6 Å². The van der Waals surface area contributed by atoms with Crippen molar-refractivity contribution in [3.63, 3.8) is 0 Å². The third-order valence-electron chi connectivity index (χ3n) is 6.43. The maximum absolute atomic E-state index is 13.6. The Morgan fingerprint density at radius 1 is 0.949 bits per heavy atom. The van der Waals surface area contributed by atoms with Gasteiger partial charge < -0.3 is 29.8 Å². The maximum Gasteiger partial charge on any atom is 0.333 e. The highest BCUT2D eigenvalue weighted by atomic mass is 16.5. The number of benzene rings is 3. The molecule has 0 unspecified atom stereocenters. The van der Waals surface area contributed by atoms with Crippen LogP contribution >= 0.6 is 0 Å². The summed E-state index contributed by atoms with van der Waals surface area (Å²) in [6.07, 6.45) is 0.303. The molecule has 0 bridgehead atoms. The molecule has 4 N–H and O–H groups in total. The molecule has 1 aromatic heterocycles. The SMILES string of the molecule is COC(=O)[C@H](NC(=O)c1ccc(-c2c(C)oc3c(CC(C)C)c(O)c(O)c(O)c3c2=O)cc1)c1ccccc1. The number of phenolic OH excluding ortho intramolecular Hbond substituents is 3. The number of aromatic hydroxyl groups is 3. The second-order valence-corrected chi connectivity index (χ2v) is 9.61. The molecule has 0 aliphatic heterocycles. The lowest BCUT2D eigenvalue weighted by molar-refractivity contribution is -0.143. The Labute approximate surface area is 224 Å². The van der Waals surface area contributed by atoms with Gasteiger partial charge >= 0.3 is 5.97 Å². The summed E-state index contributed by atoms with van der Waals surface area (Å²) in [7, 11) is 1.24. The minimum atomic E-state index is -1.01. The van der Waals surface area contributed by atoms with E-state index in [-0.39, 0.29) is 39.3 Å². The highest BCUT2D eigenvalue weighted by Gasteiger charge is 2.27. The summed E-state index contributed by atoms with van der Waals surface area (Å²) in [6, 6.07) is 13.7.